The number of halogens is 1. The SMILES string of the molecule is COc1ccc(NCCNc2ccnc3cc(Cl)ccc23)cc1OC. The number of rotatable bonds is 7. The van der Waals surface area contributed by atoms with Crippen LogP contribution < -0.4 is 20.1 Å². The van der Waals surface area contributed by atoms with E-state index in [1.807, 2.05) is 42.5 Å². The minimum Gasteiger partial charge on any atom is -0.493 e. The summed E-state index contributed by atoms with van der Waals surface area (Å²) in [4.78, 5) is 4.35. The Bertz CT molecular complexity index is 870. The van der Waals surface area contributed by atoms with E-state index >= 15 is 0 Å². The van der Waals surface area contributed by atoms with Crippen molar-refractivity contribution in [3.8, 4) is 11.5 Å². The third kappa shape index (κ3) is 4.06. The van der Waals surface area contributed by atoms with Crippen LogP contribution in [0.1, 0.15) is 0 Å². The van der Waals surface area contributed by atoms with Gasteiger partial charge in [-0.1, -0.05) is 11.6 Å². The van der Waals surface area contributed by atoms with E-state index in [9.17, 15) is 0 Å². The molecule has 1 heterocycles. The molecule has 130 valence electrons. The maximum absolute atomic E-state index is 6.02. The van der Waals surface area contributed by atoms with Crippen LogP contribution in [0.3, 0.4) is 0 Å². The molecule has 5 nitrogen and oxygen atoms in total. The van der Waals surface area contributed by atoms with E-state index in [0.717, 1.165) is 35.4 Å². The van der Waals surface area contributed by atoms with Crippen LogP contribution in [0.15, 0.2) is 48.7 Å². The molecule has 2 N–H and O–H groups in total. The fourth-order valence-electron chi connectivity index (χ4n) is 2.63. The van der Waals surface area contributed by atoms with Crippen LogP contribution in [0, 0.1) is 0 Å². The molecule has 0 radical (unpaired) electrons. The summed E-state index contributed by atoms with van der Waals surface area (Å²) in [5, 5.41) is 8.53. The molecule has 0 spiro atoms. The normalized spacial score (nSPS) is 10.5. The Balaban J connectivity index is 1.60. The van der Waals surface area contributed by atoms with Crippen molar-refractivity contribution in [3.05, 3.63) is 53.7 Å². The lowest BCUT2D eigenvalue weighted by Crippen LogP contribution is -2.14. The van der Waals surface area contributed by atoms with Crippen LogP contribution in [-0.2, 0) is 0 Å². The Morgan fingerprint density at radius 1 is 0.920 bits per heavy atom. The lowest BCUT2D eigenvalue weighted by Gasteiger charge is -2.13. The molecule has 0 fully saturated rings. The first-order valence-electron chi connectivity index (χ1n) is 7.95. The number of ether oxygens (including phenoxy) is 2. The van der Waals surface area contributed by atoms with Gasteiger partial charge in [0.1, 0.15) is 0 Å². The standard InChI is InChI=1S/C19H20ClN3O2/c1-24-18-6-4-14(12-19(18)25-2)21-9-10-23-16-7-8-22-17-11-13(20)3-5-15(16)17/h3-8,11-12,21H,9-10H2,1-2H3,(H,22,23). The first kappa shape index (κ1) is 17.2. The van der Waals surface area contributed by atoms with Gasteiger partial charge in [0.2, 0.25) is 0 Å². The Morgan fingerprint density at radius 3 is 2.52 bits per heavy atom. The number of nitrogens with one attached hydrogen (secondary N) is 2. The third-order valence-corrected chi connectivity index (χ3v) is 4.09. The highest BCUT2D eigenvalue weighted by atomic mass is 35.5. The largest absolute Gasteiger partial charge is 0.493 e. The van der Waals surface area contributed by atoms with Crippen LogP contribution in [0.4, 0.5) is 11.4 Å². The van der Waals surface area contributed by atoms with Crippen LogP contribution in [-0.4, -0.2) is 32.3 Å². The lowest BCUT2D eigenvalue weighted by molar-refractivity contribution is 0.355. The van der Waals surface area contributed by atoms with Gasteiger partial charge in [-0.15, -0.1) is 0 Å². The van der Waals surface area contributed by atoms with Crippen LogP contribution in [0.5, 0.6) is 11.5 Å². The van der Waals surface area contributed by atoms with E-state index in [2.05, 4.69) is 15.6 Å². The van der Waals surface area contributed by atoms with Gasteiger partial charge in [-0.25, -0.2) is 0 Å². The number of pyridine rings is 1. The molecule has 25 heavy (non-hydrogen) atoms. The average molecular weight is 358 g/mol. The zero-order valence-corrected chi connectivity index (χ0v) is 14.9. The van der Waals surface area contributed by atoms with Gasteiger partial charge in [0, 0.05) is 47.1 Å². The van der Waals surface area contributed by atoms with Gasteiger partial charge in [0.25, 0.3) is 0 Å². The molecule has 0 aliphatic carbocycles. The Labute approximate surface area is 151 Å². The van der Waals surface area contributed by atoms with Gasteiger partial charge in [-0.05, 0) is 36.4 Å². The van der Waals surface area contributed by atoms with Crippen molar-refractivity contribution in [2.75, 3.05) is 37.9 Å². The highest BCUT2D eigenvalue weighted by molar-refractivity contribution is 6.31. The molecular formula is C19H20ClN3O2. The van der Waals surface area contributed by atoms with Gasteiger partial charge in [-0.2, -0.15) is 0 Å². The minimum atomic E-state index is 0.687. The number of nitrogens with zero attached hydrogens (tertiary/aromatic N) is 1. The minimum absolute atomic E-state index is 0.687. The monoisotopic (exact) mass is 357 g/mol. The van der Waals surface area contributed by atoms with Crippen LogP contribution >= 0.6 is 11.6 Å². The fraction of sp³-hybridized carbons (Fsp3) is 0.211. The highest BCUT2D eigenvalue weighted by Gasteiger charge is 2.05. The topological polar surface area (TPSA) is 55.4 Å². The molecule has 0 amide bonds. The van der Waals surface area contributed by atoms with Crippen LogP contribution in [0.2, 0.25) is 5.02 Å². The number of benzene rings is 2. The van der Waals surface area contributed by atoms with Gasteiger partial charge in [-0.3, -0.25) is 4.98 Å². The Kier molecular flexibility index (Phi) is 5.46. The van der Waals surface area contributed by atoms with E-state index in [0.29, 0.717) is 16.5 Å². The number of hydrogen-bond donors (Lipinski definition) is 2. The van der Waals surface area contributed by atoms with Crippen molar-refractivity contribution >= 4 is 33.9 Å². The maximum atomic E-state index is 6.02. The van der Waals surface area contributed by atoms with E-state index < -0.39 is 0 Å². The molecule has 0 aliphatic rings. The van der Waals surface area contributed by atoms with Crippen molar-refractivity contribution in [1.82, 2.24) is 4.98 Å². The van der Waals surface area contributed by atoms with Gasteiger partial charge in [0.05, 0.1) is 19.7 Å². The predicted molar refractivity (Wildman–Crippen MR) is 103 cm³/mol. The second kappa shape index (κ2) is 7.94. The van der Waals surface area contributed by atoms with Crippen molar-refractivity contribution in [2.45, 2.75) is 0 Å². The van der Waals surface area contributed by atoms with Crippen LogP contribution in [0.25, 0.3) is 10.9 Å². The average Bonchev–Trinajstić information content (AvgIpc) is 2.64. The van der Waals surface area contributed by atoms with E-state index in [1.165, 1.54) is 0 Å². The molecule has 0 unspecified atom stereocenters. The van der Waals surface area contributed by atoms with Crippen molar-refractivity contribution in [1.29, 1.82) is 0 Å². The first-order chi connectivity index (χ1) is 12.2. The Hall–Kier alpha value is -2.66. The van der Waals surface area contributed by atoms with Crippen molar-refractivity contribution < 1.29 is 9.47 Å². The fourth-order valence-corrected chi connectivity index (χ4v) is 2.79. The molecule has 1 aromatic heterocycles. The maximum Gasteiger partial charge on any atom is 0.162 e. The number of anilines is 2. The zero-order chi connectivity index (χ0) is 17.6. The van der Waals surface area contributed by atoms with Crippen molar-refractivity contribution in [2.24, 2.45) is 0 Å². The molecule has 0 atom stereocenters. The number of methoxy groups -OCH3 is 2. The third-order valence-electron chi connectivity index (χ3n) is 3.86. The second-order valence-corrected chi connectivity index (χ2v) is 5.88. The van der Waals surface area contributed by atoms with E-state index in [-0.39, 0.29) is 0 Å². The Morgan fingerprint density at radius 2 is 1.72 bits per heavy atom. The van der Waals surface area contributed by atoms with E-state index in [4.69, 9.17) is 21.1 Å². The summed E-state index contributed by atoms with van der Waals surface area (Å²) in [6.07, 6.45) is 1.78. The van der Waals surface area contributed by atoms with E-state index in [1.54, 1.807) is 20.4 Å². The lowest BCUT2D eigenvalue weighted by atomic mass is 10.2. The number of aromatic nitrogens is 1. The summed E-state index contributed by atoms with van der Waals surface area (Å²) in [6.45, 7) is 1.52. The molecule has 0 saturated heterocycles. The van der Waals surface area contributed by atoms with Gasteiger partial charge >= 0.3 is 0 Å². The number of hydrogen-bond acceptors (Lipinski definition) is 5. The summed E-state index contributed by atoms with van der Waals surface area (Å²) in [6, 6.07) is 13.5. The number of fused-ring (bicyclic) bond motifs is 1. The molecule has 0 saturated carbocycles. The molecule has 3 rings (SSSR count). The predicted octanol–water partition coefficient (Wildman–Crippen LogP) is 4.43. The first-order valence-corrected chi connectivity index (χ1v) is 8.33. The van der Waals surface area contributed by atoms with Gasteiger partial charge < -0.3 is 20.1 Å². The summed E-state index contributed by atoms with van der Waals surface area (Å²) in [5.74, 6) is 1.42. The molecular weight excluding hydrogens is 338 g/mol. The highest BCUT2D eigenvalue weighted by Crippen LogP contribution is 2.29. The summed E-state index contributed by atoms with van der Waals surface area (Å²) >= 11 is 6.02. The smallest absolute Gasteiger partial charge is 0.162 e. The zero-order valence-electron chi connectivity index (χ0n) is 14.2. The summed E-state index contributed by atoms with van der Waals surface area (Å²) in [5.41, 5.74) is 2.90. The molecule has 0 aliphatic heterocycles. The van der Waals surface area contributed by atoms with Crippen molar-refractivity contribution in [3.63, 3.8) is 0 Å². The summed E-state index contributed by atoms with van der Waals surface area (Å²) < 4.78 is 10.6. The quantitative estimate of drug-likeness (QED) is 0.613. The van der Waals surface area contributed by atoms with Gasteiger partial charge in [0.15, 0.2) is 11.5 Å². The summed E-state index contributed by atoms with van der Waals surface area (Å²) in [7, 11) is 3.26. The molecule has 6 heteroatoms. The molecule has 2 aromatic carbocycles. The molecule has 0 bridgehead atoms. The molecule has 3 aromatic rings. The second-order valence-electron chi connectivity index (χ2n) is 5.44.